The van der Waals surface area contributed by atoms with Crippen molar-refractivity contribution in [2.75, 3.05) is 7.11 Å². The normalized spacial score (nSPS) is 17.5. The van der Waals surface area contributed by atoms with Gasteiger partial charge in [0, 0.05) is 17.2 Å². The maximum Gasteiger partial charge on any atom is 0.251 e. The van der Waals surface area contributed by atoms with Crippen molar-refractivity contribution in [2.24, 2.45) is 0 Å². The van der Waals surface area contributed by atoms with E-state index in [0.717, 1.165) is 29.9 Å². The van der Waals surface area contributed by atoms with E-state index in [1.165, 1.54) is 12.8 Å². The molecule has 1 heterocycles. The van der Waals surface area contributed by atoms with Crippen molar-refractivity contribution in [3.8, 4) is 11.5 Å². The molecule has 1 aliphatic heterocycles. The molecule has 0 unspecified atom stereocenters. The van der Waals surface area contributed by atoms with E-state index >= 15 is 0 Å². The number of hydrogen-bond acceptors (Lipinski definition) is 3. The summed E-state index contributed by atoms with van der Waals surface area (Å²) in [7, 11) is 1.62. The molecule has 3 rings (SSSR count). The zero-order valence-electron chi connectivity index (χ0n) is 12.1. The van der Waals surface area contributed by atoms with Gasteiger partial charge in [-0.3, -0.25) is 4.79 Å². The molecular formula is C17H19NO3. The summed E-state index contributed by atoms with van der Waals surface area (Å²) in [6.07, 6.45) is 9.64. The van der Waals surface area contributed by atoms with Crippen LogP contribution in [-0.2, 0) is 4.79 Å². The van der Waals surface area contributed by atoms with Gasteiger partial charge in [0.15, 0.2) is 0 Å². The second-order valence-corrected chi connectivity index (χ2v) is 5.38. The summed E-state index contributed by atoms with van der Waals surface area (Å²) in [5, 5.41) is 3.09. The van der Waals surface area contributed by atoms with Gasteiger partial charge in [0.1, 0.15) is 11.5 Å². The van der Waals surface area contributed by atoms with E-state index in [9.17, 15) is 4.79 Å². The third-order valence-corrected chi connectivity index (χ3v) is 3.92. The number of carbonyl (C=O) groups excluding carboxylic acids is 1. The quantitative estimate of drug-likeness (QED) is 0.928. The molecule has 1 fully saturated rings. The molecule has 1 aliphatic carbocycles. The maximum absolute atomic E-state index is 12.4. The van der Waals surface area contributed by atoms with Crippen molar-refractivity contribution in [1.82, 2.24) is 5.32 Å². The Balaban J connectivity index is 1.83. The Hall–Kier alpha value is -2.23. The van der Waals surface area contributed by atoms with Gasteiger partial charge < -0.3 is 14.8 Å². The van der Waals surface area contributed by atoms with Crippen LogP contribution < -0.4 is 14.8 Å². The first-order valence-corrected chi connectivity index (χ1v) is 7.30. The van der Waals surface area contributed by atoms with Crippen LogP contribution in [-0.4, -0.2) is 19.1 Å². The molecule has 1 aromatic carbocycles. The third-order valence-electron chi connectivity index (χ3n) is 3.92. The van der Waals surface area contributed by atoms with Crippen LogP contribution in [0.15, 0.2) is 36.1 Å². The second kappa shape index (κ2) is 6.04. The van der Waals surface area contributed by atoms with Gasteiger partial charge >= 0.3 is 0 Å². The highest BCUT2D eigenvalue weighted by atomic mass is 16.5. The van der Waals surface area contributed by atoms with Crippen LogP contribution in [0.3, 0.4) is 0 Å². The Morgan fingerprint density at radius 3 is 2.90 bits per heavy atom. The van der Waals surface area contributed by atoms with Crippen molar-refractivity contribution in [1.29, 1.82) is 0 Å². The van der Waals surface area contributed by atoms with Gasteiger partial charge in [-0.2, -0.15) is 0 Å². The summed E-state index contributed by atoms with van der Waals surface area (Å²) >= 11 is 0. The average molecular weight is 285 g/mol. The first-order valence-electron chi connectivity index (χ1n) is 7.30. The van der Waals surface area contributed by atoms with Crippen molar-refractivity contribution >= 4 is 12.0 Å². The molecule has 0 radical (unpaired) electrons. The van der Waals surface area contributed by atoms with Crippen LogP contribution in [0.4, 0.5) is 0 Å². The predicted molar refractivity (Wildman–Crippen MR) is 81.1 cm³/mol. The highest BCUT2D eigenvalue weighted by Crippen LogP contribution is 2.29. The molecule has 4 heteroatoms. The Bertz CT molecular complexity index is 598. The lowest BCUT2D eigenvalue weighted by Gasteiger charge is -2.12. The smallest absolute Gasteiger partial charge is 0.251 e. The molecule has 4 nitrogen and oxygen atoms in total. The number of ether oxygens (including phenoxy) is 2. The second-order valence-electron chi connectivity index (χ2n) is 5.38. The van der Waals surface area contributed by atoms with Gasteiger partial charge in [0.25, 0.3) is 5.91 Å². The molecule has 21 heavy (non-hydrogen) atoms. The van der Waals surface area contributed by atoms with Crippen molar-refractivity contribution in [3.63, 3.8) is 0 Å². The molecule has 0 aromatic heterocycles. The first-order chi connectivity index (χ1) is 10.3. The molecule has 1 amide bonds. The Labute approximate surface area is 124 Å². The molecule has 0 spiro atoms. The first kappa shape index (κ1) is 13.7. The van der Waals surface area contributed by atoms with Gasteiger partial charge in [-0.05, 0) is 43.2 Å². The fourth-order valence-electron chi connectivity index (χ4n) is 2.75. The van der Waals surface area contributed by atoms with Crippen LogP contribution >= 0.6 is 0 Å². The van der Waals surface area contributed by atoms with Crippen LogP contribution in [0.25, 0.3) is 6.08 Å². The highest BCUT2D eigenvalue weighted by Gasteiger charge is 2.19. The molecule has 0 atom stereocenters. The fourth-order valence-corrected chi connectivity index (χ4v) is 2.75. The largest absolute Gasteiger partial charge is 0.497 e. The third kappa shape index (κ3) is 3.10. The minimum absolute atomic E-state index is 0.0441. The van der Waals surface area contributed by atoms with Crippen molar-refractivity contribution in [2.45, 2.75) is 31.7 Å². The molecule has 0 saturated heterocycles. The monoisotopic (exact) mass is 285 g/mol. The Kier molecular flexibility index (Phi) is 3.95. The van der Waals surface area contributed by atoms with Gasteiger partial charge in [0.05, 0.1) is 13.4 Å². The van der Waals surface area contributed by atoms with E-state index < -0.39 is 0 Å². The molecule has 2 aliphatic rings. The molecule has 1 saturated carbocycles. The number of fused-ring (bicyclic) bond motifs is 1. The van der Waals surface area contributed by atoms with Crippen molar-refractivity contribution < 1.29 is 14.3 Å². The standard InChI is InChI=1S/C17H19NO3/c1-20-15-6-7-16-13(11-15)10-12(8-9-21-16)17(19)18-14-4-2-3-5-14/h6-11,14H,2-5H2,1H3,(H,18,19). The highest BCUT2D eigenvalue weighted by molar-refractivity contribution is 6.01. The summed E-state index contributed by atoms with van der Waals surface area (Å²) in [5.74, 6) is 1.42. The van der Waals surface area contributed by atoms with Crippen LogP contribution in [0, 0.1) is 0 Å². The van der Waals surface area contributed by atoms with Gasteiger partial charge in [-0.15, -0.1) is 0 Å². The Morgan fingerprint density at radius 1 is 1.33 bits per heavy atom. The van der Waals surface area contributed by atoms with E-state index in [0.29, 0.717) is 11.6 Å². The minimum atomic E-state index is -0.0441. The number of amides is 1. The van der Waals surface area contributed by atoms with Crippen LogP contribution in [0.1, 0.15) is 31.2 Å². The summed E-state index contributed by atoms with van der Waals surface area (Å²) in [6, 6.07) is 5.85. The summed E-state index contributed by atoms with van der Waals surface area (Å²) < 4.78 is 10.7. The molecule has 110 valence electrons. The number of nitrogens with one attached hydrogen (secondary N) is 1. The molecule has 1 aromatic rings. The van der Waals surface area contributed by atoms with Gasteiger partial charge in [-0.1, -0.05) is 12.8 Å². The topological polar surface area (TPSA) is 47.6 Å². The van der Waals surface area contributed by atoms with Gasteiger partial charge in [0.2, 0.25) is 0 Å². The fraction of sp³-hybridized carbons (Fsp3) is 0.353. The zero-order valence-corrected chi connectivity index (χ0v) is 12.1. The number of methoxy groups -OCH3 is 1. The number of carbonyl (C=O) groups is 1. The summed E-state index contributed by atoms with van der Waals surface area (Å²) in [5.41, 5.74) is 1.45. The SMILES string of the molecule is COc1ccc2c(c1)C=C(C(=O)NC1CCCC1)C=CO2. The van der Waals surface area contributed by atoms with E-state index in [1.54, 1.807) is 19.4 Å². The maximum atomic E-state index is 12.4. The number of rotatable bonds is 3. The van der Waals surface area contributed by atoms with Gasteiger partial charge in [-0.25, -0.2) is 0 Å². The summed E-state index contributed by atoms with van der Waals surface area (Å²) in [6.45, 7) is 0. The minimum Gasteiger partial charge on any atom is -0.497 e. The number of hydrogen-bond donors (Lipinski definition) is 1. The molecule has 0 bridgehead atoms. The Morgan fingerprint density at radius 2 is 2.14 bits per heavy atom. The van der Waals surface area contributed by atoms with Crippen LogP contribution in [0.5, 0.6) is 11.5 Å². The number of benzene rings is 1. The van der Waals surface area contributed by atoms with E-state index in [2.05, 4.69) is 5.32 Å². The van der Waals surface area contributed by atoms with Crippen LogP contribution in [0.2, 0.25) is 0 Å². The molecule has 1 N–H and O–H groups in total. The molecular weight excluding hydrogens is 266 g/mol. The average Bonchev–Trinajstić information content (AvgIpc) is 2.90. The lowest BCUT2D eigenvalue weighted by molar-refractivity contribution is -0.117. The van der Waals surface area contributed by atoms with E-state index in [4.69, 9.17) is 9.47 Å². The predicted octanol–water partition coefficient (Wildman–Crippen LogP) is 3.04. The lowest BCUT2D eigenvalue weighted by atomic mass is 10.1. The van der Waals surface area contributed by atoms with E-state index in [1.807, 2.05) is 24.3 Å². The summed E-state index contributed by atoms with van der Waals surface area (Å²) in [4.78, 5) is 12.4. The van der Waals surface area contributed by atoms with Crippen molar-refractivity contribution in [3.05, 3.63) is 41.7 Å². The van der Waals surface area contributed by atoms with E-state index in [-0.39, 0.29) is 5.91 Å². The zero-order chi connectivity index (χ0) is 14.7. The lowest BCUT2D eigenvalue weighted by Crippen LogP contribution is -2.33.